The minimum atomic E-state index is -0.568. The molecule has 1 aromatic heterocycles. The number of carbonyl (C=O) groups is 2. The maximum atomic E-state index is 12.9. The minimum absolute atomic E-state index is 0.0506. The number of amides is 1. The first-order chi connectivity index (χ1) is 14.9. The second-order valence-corrected chi connectivity index (χ2v) is 9.20. The third-order valence-corrected chi connectivity index (χ3v) is 6.35. The van der Waals surface area contributed by atoms with Crippen LogP contribution >= 0.6 is 0 Å². The van der Waals surface area contributed by atoms with E-state index in [2.05, 4.69) is 18.8 Å². The molecule has 4 rings (SSSR count). The molecule has 1 aromatic carbocycles. The fourth-order valence-electron chi connectivity index (χ4n) is 4.89. The molecule has 0 unspecified atom stereocenters. The summed E-state index contributed by atoms with van der Waals surface area (Å²) in [6.07, 6.45) is 6.13. The second-order valence-electron chi connectivity index (χ2n) is 9.20. The van der Waals surface area contributed by atoms with Crippen molar-refractivity contribution in [2.24, 2.45) is 11.8 Å². The Morgan fingerprint density at radius 2 is 1.84 bits per heavy atom. The molecule has 1 fully saturated rings. The SMILES string of the molecule is C[C@@H]1C[C@H](C)CN(C(=O)COC(=O)c2ccc3c(=O)n4c(nc3c2)CCCCCC4)C1. The van der Waals surface area contributed by atoms with Gasteiger partial charge in [-0.15, -0.1) is 0 Å². The molecule has 0 aliphatic carbocycles. The predicted octanol–water partition coefficient (Wildman–Crippen LogP) is 3.17. The zero-order valence-corrected chi connectivity index (χ0v) is 18.4. The normalized spacial score (nSPS) is 21.8. The smallest absolute Gasteiger partial charge is 0.338 e. The standard InChI is InChI=1S/C24H31N3O4/c1-16-11-17(2)14-26(13-16)22(28)15-31-24(30)18-8-9-19-20(12-18)25-21-7-5-3-4-6-10-27(21)23(19)29/h8-9,12,16-17H,3-7,10-11,13-15H2,1-2H3/t16-,17+. The Bertz CT molecular complexity index is 1040. The van der Waals surface area contributed by atoms with E-state index in [1.165, 1.54) is 0 Å². The van der Waals surface area contributed by atoms with Crippen LogP contribution in [0, 0.1) is 11.8 Å². The molecule has 2 aliphatic rings. The molecule has 31 heavy (non-hydrogen) atoms. The molecule has 2 atom stereocenters. The Morgan fingerprint density at radius 1 is 1.10 bits per heavy atom. The van der Waals surface area contributed by atoms with E-state index >= 15 is 0 Å². The van der Waals surface area contributed by atoms with Crippen LogP contribution < -0.4 is 5.56 Å². The Kier molecular flexibility index (Phi) is 6.39. The zero-order valence-electron chi connectivity index (χ0n) is 18.4. The van der Waals surface area contributed by atoms with Crippen molar-refractivity contribution < 1.29 is 14.3 Å². The molecular formula is C24H31N3O4. The minimum Gasteiger partial charge on any atom is -0.452 e. The average Bonchev–Trinajstić information content (AvgIpc) is 2.72. The molecule has 2 aromatic rings. The lowest BCUT2D eigenvalue weighted by Crippen LogP contribution is -2.44. The number of rotatable bonds is 3. The summed E-state index contributed by atoms with van der Waals surface area (Å²) in [5.41, 5.74) is 0.769. The number of likely N-dealkylation sites (tertiary alicyclic amines) is 1. The lowest BCUT2D eigenvalue weighted by molar-refractivity contribution is -0.137. The Hall–Kier alpha value is -2.70. The van der Waals surface area contributed by atoms with Crippen LogP contribution in [-0.2, 0) is 22.5 Å². The van der Waals surface area contributed by atoms with E-state index in [1.807, 2.05) is 0 Å². The highest BCUT2D eigenvalue weighted by atomic mass is 16.5. The second kappa shape index (κ2) is 9.20. The number of nitrogens with zero attached hydrogens (tertiary/aromatic N) is 3. The molecule has 1 saturated heterocycles. The van der Waals surface area contributed by atoms with Crippen LogP contribution in [0.5, 0.6) is 0 Å². The number of aryl methyl sites for hydroxylation is 1. The number of hydrogen-bond donors (Lipinski definition) is 0. The van der Waals surface area contributed by atoms with E-state index in [9.17, 15) is 14.4 Å². The van der Waals surface area contributed by atoms with Crippen molar-refractivity contribution in [1.82, 2.24) is 14.5 Å². The van der Waals surface area contributed by atoms with Crippen molar-refractivity contribution in [3.63, 3.8) is 0 Å². The topological polar surface area (TPSA) is 81.5 Å². The van der Waals surface area contributed by atoms with Gasteiger partial charge in [-0.25, -0.2) is 9.78 Å². The van der Waals surface area contributed by atoms with E-state index in [-0.39, 0.29) is 18.1 Å². The number of benzene rings is 1. The third-order valence-electron chi connectivity index (χ3n) is 6.35. The number of hydrogen-bond acceptors (Lipinski definition) is 5. The van der Waals surface area contributed by atoms with E-state index < -0.39 is 5.97 Å². The summed E-state index contributed by atoms with van der Waals surface area (Å²) >= 11 is 0. The molecule has 0 saturated carbocycles. The van der Waals surface area contributed by atoms with Crippen LogP contribution in [0.15, 0.2) is 23.0 Å². The summed E-state index contributed by atoms with van der Waals surface area (Å²) in [4.78, 5) is 44.5. The van der Waals surface area contributed by atoms with Crippen LogP contribution in [-0.4, -0.2) is 46.0 Å². The van der Waals surface area contributed by atoms with Crippen LogP contribution in [0.2, 0.25) is 0 Å². The molecule has 7 nitrogen and oxygen atoms in total. The molecule has 0 spiro atoms. The van der Waals surface area contributed by atoms with Crippen molar-refractivity contribution >= 4 is 22.8 Å². The quantitative estimate of drug-likeness (QED) is 0.706. The lowest BCUT2D eigenvalue weighted by atomic mass is 9.92. The average molecular weight is 426 g/mol. The lowest BCUT2D eigenvalue weighted by Gasteiger charge is -2.34. The van der Waals surface area contributed by atoms with Gasteiger partial charge >= 0.3 is 5.97 Å². The first-order valence-electron chi connectivity index (χ1n) is 11.4. The van der Waals surface area contributed by atoms with Crippen molar-refractivity contribution in [1.29, 1.82) is 0 Å². The number of piperidine rings is 1. The summed E-state index contributed by atoms with van der Waals surface area (Å²) in [6, 6.07) is 4.83. The number of ether oxygens (including phenoxy) is 1. The maximum Gasteiger partial charge on any atom is 0.338 e. The van der Waals surface area contributed by atoms with Gasteiger partial charge in [-0.2, -0.15) is 0 Å². The van der Waals surface area contributed by atoms with Gasteiger partial charge in [0.05, 0.1) is 16.5 Å². The summed E-state index contributed by atoms with van der Waals surface area (Å²) in [6.45, 7) is 6.10. The van der Waals surface area contributed by atoms with Crippen molar-refractivity contribution in [3.05, 3.63) is 39.9 Å². The monoisotopic (exact) mass is 425 g/mol. The van der Waals surface area contributed by atoms with Gasteiger partial charge in [-0.3, -0.25) is 14.2 Å². The highest BCUT2D eigenvalue weighted by Crippen LogP contribution is 2.21. The molecule has 2 aliphatic heterocycles. The fraction of sp³-hybridized carbons (Fsp3) is 0.583. The van der Waals surface area contributed by atoms with Gasteiger partial charge in [0, 0.05) is 26.1 Å². The molecule has 3 heterocycles. The molecular weight excluding hydrogens is 394 g/mol. The number of carbonyl (C=O) groups excluding carboxylic acids is 2. The van der Waals surface area contributed by atoms with Crippen LogP contribution in [0.3, 0.4) is 0 Å². The Labute approximate surface area is 182 Å². The number of fused-ring (bicyclic) bond motifs is 2. The van der Waals surface area contributed by atoms with Gasteiger partial charge in [0.1, 0.15) is 5.82 Å². The largest absolute Gasteiger partial charge is 0.452 e. The van der Waals surface area contributed by atoms with E-state index in [0.29, 0.717) is 47.9 Å². The first kappa shape index (κ1) is 21.5. The Balaban J connectivity index is 1.49. The molecule has 0 bridgehead atoms. The maximum absolute atomic E-state index is 12.9. The van der Waals surface area contributed by atoms with Gasteiger partial charge in [-0.05, 0) is 49.3 Å². The predicted molar refractivity (Wildman–Crippen MR) is 118 cm³/mol. The fourth-order valence-corrected chi connectivity index (χ4v) is 4.89. The van der Waals surface area contributed by atoms with E-state index in [4.69, 9.17) is 4.74 Å². The highest BCUT2D eigenvalue weighted by molar-refractivity contribution is 5.95. The van der Waals surface area contributed by atoms with Crippen molar-refractivity contribution in [2.75, 3.05) is 19.7 Å². The number of aromatic nitrogens is 2. The molecule has 0 N–H and O–H groups in total. The first-order valence-corrected chi connectivity index (χ1v) is 11.4. The molecule has 0 radical (unpaired) electrons. The molecule has 1 amide bonds. The third kappa shape index (κ3) is 4.81. The van der Waals surface area contributed by atoms with Gasteiger partial charge in [0.2, 0.25) is 0 Å². The van der Waals surface area contributed by atoms with Gasteiger partial charge < -0.3 is 9.64 Å². The van der Waals surface area contributed by atoms with E-state index in [1.54, 1.807) is 27.7 Å². The summed E-state index contributed by atoms with van der Waals surface area (Å²) < 4.78 is 7.08. The summed E-state index contributed by atoms with van der Waals surface area (Å²) in [5.74, 6) is 0.959. The van der Waals surface area contributed by atoms with E-state index in [0.717, 1.165) is 44.3 Å². The zero-order chi connectivity index (χ0) is 22.0. The summed E-state index contributed by atoms with van der Waals surface area (Å²) in [7, 11) is 0. The summed E-state index contributed by atoms with van der Waals surface area (Å²) in [5, 5.41) is 0.508. The van der Waals surface area contributed by atoms with Crippen LogP contribution in [0.4, 0.5) is 0 Å². The molecule has 7 heteroatoms. The van der Waals surface area contributed by atoms with Crippen LogP contribution in [0.1, 0.15) is 62.1 Å². The van der Waals surface area contributed by atoms with Gasteiger partial charge in [0.25, 0.3) is 11.5 Å². The van der Waals surface area contributed by atoms with Gasteiger partial charge in [-0.1, -0.05) is 26.7 Å². The van der Waals surface area contributed by atoms with Crippen LogP contribution in [0.25, 0.3) is 10.9 Å². The van der Waals surface area contributed by atoms with Gasteiger partial charge in [0.15, 0.2) is 6.61 Å². The highest BCUT2D eigenvalue weighted by Gasteiger charge is 2.26. The molecule has 166 valence electrons. The van der Waals surface area contributed by atoms with Crippen molar-refractivity contribution in [2.45, 2.75) is 58.9 Å². The number of esters is 1. The van der Waals surface area contributed by atoms with Crippen molar-refractivity contribution in [3.8, 4) is 0 Å². The Morgan fingerprint density at radius 3 is 2.61 bits per heavy atom.